The third-order valence-corrected chi connectivity index (χ3v) is 4.15. The molecule has 0 saturated carbocycles. The number of hydrogen-bond acceptors (Lipinski definition) is 6. The molecule has 0 aromatic carbocycles. The fraction of sp³-hybridized carbons (Fsp3) is 0.684. The predicted molar refractivity (Wildman–Crippen MR) is 96.9 cm³/mol. The number of amides is 1. The quantitative estimate of drug-likeness (QED) is 0.547. The van der Waals surface area contributed by atoms with E-state index in [-0.39, 0.29) is 18.5 Å². The van der Waals surface area contributed by atoms with Crippen molar-refractivity contribution in [1.82, 2.24) is 14.9 Å². The van der Waals surface area contributed by atoms with Gasteiger partial charge in [-0.15, -0.1) is 0 Å². The number of Topliss-reactive ketones (excluding diaryl/α,β-unsaturated/α-hetero) is 1. The second kappa shape index (κ2) is 9.62. The average molecular weight is 363 g/mol. The van der Waals surface area contributed by atoms with Crippen molar-refractivity contribution in [1.29, 1.82) is 0 Å². The Hall–Kier alpha value is -2.02. The summed E-state index contributed by atoms with van der Waals surface area (Å²) < 4.78 is 10.9. The molecule has 1 atom stereocenters. The van der Waals surface area contributed by atoms with E-state index in [0.29, 0.717) is 18.2 Å². The molecule has 1 fully saturated rings. The molecule has 0 aliphatic carbocycles. The first kappa shape index (κ1) is 20.3. The van der Waals surface area contributed by atoms with Crippen molar-refractivity contribution in [3.05, 3.63) is 24.3 Å². The topological polar surface area (TPSA) is 81.6 Å². The Bertz CT molecular complexity index is 586. The highest BCUT2D eigenvalue weighted by Gasteiger charge is 2.27. The van der Waals surface area contributed by atoms with Gasteiger partial charge in [-0.2, -0.15) is 0 Å². The highest BCUT2D eigenvalue weighted by Crippen LogP contribution is 2.22. The summed E-state index contributed by atoms with van der Waals surface area (Å²) in [4.78, 5) is 33.7. The predicted octanol–water partition coefficient (Wildman–Crippen LogP) is 3.10. The van der Waals surface area contributed by atoms with Crippen LogP contribution in [0.5, 0.6) is 0 Å². The van der Waals surface area contributed by atoms with Gasteiger partial charge in [-0.05, 0) is 52.4 Å². The molecule has 1 aliphatic heterocycles. The minimum atomic E-state index is -0.465. The summed E-state index contributed by atoms with van der Waals surface area (Å²) in [7, 11) is 0. The molecular weight excluding hydrogens is 334 g/mol. The molecule has 1 aliphatic rings. The van der Waals surface area contributed by atoms with Crippen LogP contribution in [0.2, 0.25) is 0 Å². The van der Waals surface area contributed by atoms with E-state index >= 15 is 0 Å². The highest BCUT2D eigenvalue weighted by molar-refractivity contribution is 5.94. The largest absolute Gasteiger partial charge is 0.444 e. The summed E-state index contributed by atoms with van der Waals surface area (Å²) in [6.07, 6.45) is 8.18. The number of aromatic nitrogens is 2. The first-order valence-corrected chi connectivity index (χ1v) is 9.20. The number of rotatable bonds is 7. The molecule has 144 valence electrons. The van der Waals surface area contributed by atoms with Crippen LogP contribution in [-0.4, -0.2) is 58.6 Å². The summed E-state index contributed by atoms with van der Waals surface area (Å²) in [5.74, 6) is 0.294. The lowest BCUT2D eigenvalue weighted by Gasteiger charge is -2.34. The van der Waals surface area contributed by atoms with Crippen LogP contribution in [0.4, 0.5) is 4.79 Å². The summed E-state index contributed by atoms with van der Waals surface area (Å²) in [6.45, 7) is 7.67. The lowest BCUT2D eigenvalue weighted by Crippen LogP contribution is -2.42. The number of ether oxygens (including phenoxy) is 2. The van der Waals surface area contributed by atoms with Crippen LogP contribution in [0.1, 0.15) is 56.9 Å². The first-order valence-electron chi connectivity index (χ1n) is 9.20. The Morgan fingerprint density at radius 1 is 1.31 bits per heavy atom. The molecule has 0 N–H and O–H groups in total. The number of ketones is 1. The monoisotopic (exact) mass is 363 g/mol. The van der Waals surface area contributed by atoms with E-state index in [9.17, 15) is 9.59 Å². The molecule has 1 aromatic heterocycles. The molecule has 0 unspecified atom stereocenters. The van der Waals surface area contributed by atoms with Gasteiger partial charge < -0.3 is 14.4 Å². The first-order chi connectivity index (χ1) is 12.3. The average Bonchev–Trinajstić information content (AvgIpc) is 2.61. The van der Waals surface area contributed by atoms with Gasteiger partial charge in [0.2, 0.25) is 5.78 Å². The van der Waals surface area contributed by atoms with E-state index in [1.807, 2.05) is 20.8 Å². The zero-order chi connectivity index (χ0) is 19.0. The molecule has 2 heterocycles. The maximum Gasteiger partial charge on any atom is 0.410 e. The Morgan fingerprint density at radius 2 is 2.12 bits per heavy atom. The number of hydrogen-bond donors (Lipinski definition) is 0. The van der Waals surface area contributed by atoms with Crippen molar-refractivity contribution < 1.29 is 19.1 Å². The van der Waals surface area contributed by atoms with E-state index in [1.54, 1.807) is 4.90 Å². The lowest BCUT2D eigenvalue weighted by molar-refractivity contribution is 0.0155. The number of carbonyl (C=O) groups excluding carboxylic acids is 2. The molecule has 1 aromatic rings. The van der Waals surface area contributed by atoms with Gasteiger partial charge in [0.25, 0.3) is 0 Å². The number of nitrogens with zero attached hydrogens (tertiary/aromatic N) is 3. The van der Waals surface area contributed by atoms with Crippen LogP contribution >= 0.6 is 0 Å². The van der Waals surface area contributed by atoms with E-state index in [2.05, 4.69) is 9.97 Å². The molecule has 0 spiro atoms. The van der Waals surface area contributed by atoms with Crippen LogP contribution in [0, 0.1) is 5.92 Å². The molecule has 7 nitrogen and oxygen atoms in total. The molecule has 2 rings (SSSR count). The Labute approximate surface area is 155 Å². The third kappa shape index (κ3) is 7.07. The second-order valence-electron chi connectivity index (χ2n) is 7.64. The van der Waals surface area contributed by atoms with Crippen molar-refractivity contribution in [3.63, 3.8) is 0 Å². The molecule has 7 heteroatoms. The minimum Gasteiger partial charge on any atom is -0.444 e. The van der Waals surface area contributed by atoms with Crippen molar-refractivity contribution in [3.8, 4) is 0 Å². The summed E-state index contributed by atoms with van der Waals surface area (Å²) >= 11 is 0. The van der Waals surface area contributed by atoms with Gasteiger partial charge >= 0.3 is 6.09 Å². The maximum absolute atomic E-state index is 12.2. The fourth-order valence-corrected chi connectivity index (χ4v) is 2.95. The number of piperidine rings is 1. The van der Waals surface area contributed by atoms with Crippen LogP contribution < -0.4 is 0 Å². The van der Waals surface area contributed by atoms with Crippen LogP contribution in [0.15, 0.2) is 18.6 Å². The fourth-order valence-electron chi connectivity index (χ4n) is 2.95. The van der Waals surface area contributed by atoms with Crippen LogP contribution in [0.3, 0.4) is 0 Å². The Balaban J connectivity index is 1.63. The van der Waals surface area contributed by atoms with Gasteiger partial charge in [0.05, 0.1) is 6.20 Å². The SMILES string of the molecule is CC(C)(C)OC(=O)N1CCC[C@H](CCCOCC(=O)c2cnccn2)C1. The zero-order valence-electron chi connectivity index (χ0n) is 15.9. The molecule has 0 radical (unpaired) electrons. The zero-order valence-corrected chi connectivity index (χ0v) is 15.9. The Morgan fingerprint density at radius 3 is 2.81 bits per heavy atom. The van der Waals surface area contributed by atoms with Crippen LogP contribution in [-0.2, 0) is 9.47 Å². The maximum atomic E-state index is 12.2. The molecule has 0 bridgehead atoms. The van der Waals surface area contributed by atoms with Gasteiger partial charge in [-0.1, -0.05) is 0 Å². The smallest absolute Gasteiger partial charge is 0.410 e. The van der Waals surface area contributed by atoms with Gasteiger partial charge in [0.1, 0.15) is 17.9 Å². The van der Waals surface area contributed by atoms with Gasteiger partial charge in [0, 0.05) is 32.1 Å². The van der Waals surface area contributed by atoms with E-state index in [1.165, 1.54) is 18.6 Å². The van der Waals surface area contributed by atoms with E-state index in [4.69, 9.17) is 9.47 Å². The highest BCUT2D eigenvalue weighted by atomic mass is 16.6. The normalized spacial score (nSPS) is 17.8. The van der Waals surface area contributed by atoms with Gasteiger partial charge in [-0.3, -0.25) is 9.78 Å². The van der Waals surface area contributed by atoms with Crippen molar-refractivity contribution in [2.24, 2.45) is 5.92 Å². The number of likely N-dealkylation sites (tertiary alicyclic amines) is 1. The molecular formula is C19H29N3O4. The standard InChI is InChI=1S/C19H29N3O4/c1-19(2,3)26-18(24)22-10-4-6-15(13-22)7-5-11-25-14-17(23)16-12-20-8-9-21-16/h8-9,12,15H,4-7,10-11,13-14H2,1-3H3/t15-/m1/s1. The van der Waals surface area contributed by atoms with Crippen molar-refractivity contribution in [2.45, 2.75) is 52.1 Å². The second-order valence-corrected chi connectivity index (χ2v) is 7.64. The van der Waals surface area contributed by atoms with E-state index in [0.717, 1.165) is 38.8 Å². The van der Waals surface area contributed by atoms with Crippen LogP contribution in [0.25, 0.3) is 0 Å². The molecule has 1 amide bonds. The summed E-state index contributed by atoms with van der Waals surface area (Å²) in [5.41, 5.74) is -0.138. The molecule has 26 heavy (non-hydrogen) atoms. The Kier molecular flexibility index (Phi) is 7.50. The van der Waals surface area contributed by atoms with Crippen molar-refractivity contribution in [2.75, 3.05) is 26.3 Å². The number of carbonyl (C=O) groups is 2. The molecule has 1 saturated heterocycles. The van der Waals surface area contributed by atoms with Crippen molar-refractivity contribution >= 4 is 11.9 Å². The summed E-state index contributed by atoms with van der Waals surface area (Å²) in [6, 6.07) is 0. The van der Waals surface area contributed by atoms with E-state index < -0.39 is 5.60 Å². The lowest BCUT2D eigenvalue weighted by atomic mass is 9.94. The van der Waals surface area contributed by atoms with Gasteiger partial charge in [0.15, 0.2) is 0 Å². The van der Waals surface area contributed by atoms with Gasteiger partial charge in [-0.25, -0.2) is 9.78 Å². The minimum absolute atomic E-state index is 0.0212. The summed E-state index contributed by atoms with van der Waals surface area (Å²) in [5, 5.41) is 0. The third-order valence-electron chi connectivity index (χ3n) is 4.15.